The van der Waals surface area contributed by atoms with Crippen molar-refractivity contribution in [1.29, 1.82) is 5.53 Å². The second kappa shape index (κ2) is 13.9. The molecule has 16 heteroatoms. The van der Waals surface area contributed by atoms with Gasteiger partial charge in [-0.2, -0.15) is 5.10 Å². The number of benzene rings is 1. The molecule has 0 radical (unpaired) electrons. The highest BCUT2D eigenvalue weighted by Crippen LogP contribution is 2.40. The molecule has 0 fully saturated rings. The molecule has 15 nitrogen and oxygen atoms in total. The van der Waals surface area contributed by atoms with Gasteiger partial charge in [0.2, 0.25) is 11.7 Å². The van der Waals surface area contributed by atoms with Crippen LogP contribution in [0.2, 0.25) is 5.02 Å². The zero-order chi connectivity index (χ0) is 29.2. The van der Waals surface area contributed by atoms with Crippen molar-refractivity contribution in [2.75, 3.05) is 46.8 Å². The van der Waals surface area contributed by atoms with Gasteiger partial charge in [0.1, 0.15) is 11.9 Å². The van der Waals surface area contributed by atoms with Gasteiger partial charge in [-0.05, 0) is 36.7 Å². The smallest absolute Gasteiger partial charge is 0.313 e. The first-order chi connectivity index (χ1) is 19.2. The van der Waals surface area contributed by atoms with E-state index in [2.05, 4.69) is 20.4 Å². The van der Waals surface area contributed by atoms with Crippen LogP contribution < -0.4 is 14.8 Å². The molecule has 0 saturated heterocycles. The number of fused-ring (bicyclic) bond motifs is 1. The number of rotatable bonds is 11. The van der Waals surface area contributed by atoms with Crippen LogP contribution in [-0.4, -0.2) is 77.0 Å². The fraction of sp³-hybridized carbons (Fsp3) is 0.292. The average Bonchev–Trinajstić information content (AvgIpc) is 3.34. The van der Waals surface area contributed by atoms with E-state index in [9.17, 15) is 10.1 Å². The van der Waals surface area contributed by atoms with Gasteiger partial charge in [-0.1, -0.05) is 17.7 Å². The van der Waals surface area contributed by atoms with Crippen LogP contribution in [0.15, 0.2) is 48.9 Å². The third-order valence-corrected chi connectivity index (χ3v) is 5.64. The molecule has 3 heterocycles. The number of anilines is 2. The van der Waals surface area contributed by atoms with Gasteiger partial charge >= 0.3 is 5.69 Å². The van der Waals surface area contributed by atoms with Crippen molar-refractivity contribution in [2.24, 2.45) is 0 Å². The number of nitrogens with one attached hydrogen (secondary N) is 2. The number of hydrogen-bond donors (Lipinski definition) is 2. The van der Waals surface area contributed by atoms with Crippen LogP contribution >= 0.6 is 11.6 Å². The molecule has 2 N–H and O–H groups in total. The monoisotopic (exact) mass is 570 g/mol. The van der Waals surface area contributed by atoms with E-state index in [1.165, 1.54) is 25.4 Å². The van der Waals surface area contributed by atoms with E-state index in [1.807, 2.05) is 43.4 Å². The summed E-state index contributed by atoms with van der Waals surface area (Å²) in [4.78, 5) is 23.9. The number of nitro groups is 1. The third-order valence-electron chi connectivity index (χ3n) is 5.36. The minimum atomic E-state index is -0.521. The van der Waals surface area contributed by atoms with Crippen LogP contribution in [0.5, 0.6) is 11.5 Å². The van der Waals surface area contributed by atoms with Crippen LogP contribution in [0.3, 0.4) is 0 Å². The maximum absolute atomic E-state index is 11.9. The van der Waals surface area contributed by atoms with Crippen LogP contribution in [0, 0.1) is 15.6 Å². The standard InChI is InChI=1S/C24H26ClN7O5.HN3/c1-30(2)13-15(14-35-3)37-22-10-21(36-4)18(9-20(22)32(33)34)28-24-26-12-17(25)23(29-24)16-11-27-31-8-6-5-7-19(16)31;1-3-2/h5-12,15H,13-14H2,1-4H3,(H,26,28,29);1H. The van der Waals surface area contributed by atoms with Crippen molar-refractivity contribution >= 4 is 34.4 Å². The molecular formula is C24H27ClN10O5. The Morgan fingerprint density at radius 2 is 2.02 bits per heavy atom. The van der Waals surface area contributed by atoms with Crippen molar-refractivity contribution in [3.05, 3.63) is 74.5 Å². The first-order valence-corrected chi connectivity index (χ1v) is 12.0. The lowest BCUT2D eigenvalue weighted by Crippen LogP contribution is -2.34. The molecule has 0 aliphatic carbocycles. The summed E-state index contributed by atoms with van der Waals surface area (Å²) >= 11 is 6.41. The summed E-state index contributed by atoms with van der Waals surface area (Å²) in [6, 6.07) is 8.43. The van der Waals surface area contributed by atoms with E-state index in [-0.39, 0.29) is 29.7 Å². The predicted molar refractivity (Wildman–Crippen MR) is 148 cm³/mol. The SMILES string of the molecule is COCC(CN(C)C)Oc1cc(OC)c(Nc2ncc(Cl)c(-c3cnn4ccccc34)n2)cc1[N+](=O)[O-].[N-]=[N+]=N. The van der Waals surface area contributed by atoms with Gasteiger partial charge in [0, 0.05) is 37.5 Å². The number of aromatic nitrogens is 4. The van der Waals surface area contributed by atoms with Crippen LogP contribution in [0.1, 0.15) is 0 Å². The number of halogens is 1. The van der Waals surface area contributed by atoms with Gasteiger partial charge in [0.25, 0.3) is 0 Å². The fourth-order valence-corrected chi connectivity index (χ4v) is 4.00. The Morgan fingerprint density at radius 3 is 2.67 bits per heavy atom. The highest BCUT2D eigenvalue weighted by molar-refractivity contribution is 6.33. The van der Waals surface area contributed by atoms with Gasteiger partial charge in [0.15, 0.2) is 0 Å². The maximum Gasteiger partial charge on any atom is 0.313 e. The number of nitro benzene ring substituents is 1. The van der Waals surface area contributed by atoms with Gasteiger partial charge in [-0.15, -0.1) is 5.53 Å². The Labute approximate surface area is 233 Å². The molecule has 1 aromatic carbocycles. The zero-order valence-corrected chi connectivity index (χ0v) is 22.9. The highest BCUT2D eigenvalue weighted by Gasteiger charge is 2.24. The lowest BCUT2D eigenvalue weighted by atomic mass is 10.2. The van der Waals surface area contributed by atoms with E-state index in [0.29, 0.717) is 28.6 Å². The van der Waals surface area contributed by atoms with Crippen LogP contribution in [0.4, 0.5) is 17.3 Å². The fourth-order valence-electron chi connectivity index (χ4n) is 3.80. The van der Waals surface area contributed by atoms with Crippen LogP contribution in [0.25, 0.3) is 27.2 Å². The molecule has 3 aromatic heterocycles. The zero-order valence-electron chi connectivity index (χ0n) is 22.1. The van der Waals surface area contributed by atoms with E-state index in [0.717, 1.165) is 5.52 Å². The van der Waals surface area contributed by atoms with Crippen molar-refractivity contribution in [3.63, 3.8) is 0 Å². The summed E-state index contributed by atoms with van der Waals surface area (Å²) in [5, 5.41) is 19.6. The van der Waals surface area contributed by atoms with Gasteiger partial charge in [-0.3, -0.25) is 10.1 Å². The van der Waals surface area contributed by atoms with E-state index in [4.69, 9.17) is 36.9 Å². The molecule has 0 aliphatic heterocycles. The molecule has 1 atom stereocenters. The van der Waals surface area contributed by atoms with Crippen LogP contribution in [-0.2, 0) is 4.74 Å². The number of hydrogen-bond acceptors (Lipinski definition) is 11. The van der Waals surface area contributed by atoms with E-state index >= 15 is 0 Å². The molecule has 210 valence electrons. The minimum Gasteiger partial charge on any atom is -0.494 e. The Kier molecular flexibility index (Phi) is 10.4. The number of ether oxygens (including phenoxy) is 3. The Hall–Kier alpha value is -4.69. The molecule has 1 unspecified atom stereocenters. The number of methoxy groups -OCH3 is 2. The summed E-state index contributed by atoms with van der Waals surface area (Å²) in [6.45, 7) is 0.751. The number of pyridine rings is 1. The van der Waals surface area contributed by atoms with Crippen molar-refractivity contribution in [3.8, 4) is 22.8 Å². The van der Waals surface area contributed by atoms with Crippen molar-refractivity contribution in [1.82, 2.24) is 24.5 Å². The largest absolute Gasteiger partial charge is 0.494 e. The molecule has 40 heavy (non-hydrogen) atoms. The molecule has 0 bridgehead atoms. The number of nitrogens with zero attached hydrogens (tertiary/aromatic N) is 8. The molecule has 4 rings (SSSR count). The summed E-state index contributed by atoms with van der Waals surface area (Å²) in [5.41, 5.74) is 14.3. The second-order valence-corrected chi connectivity index (χ2v) is 8.85. The minimum absolute atomic E-state index is 0.0559. The first kappa shape index (κ1) is 29.9. The lowest BCUT2D eigenvalue weighted by Gasteiger charge is -2.22. The van der Waals surface area contributed by atoms with Crippen molar-refractivity contribution < 1.29 is 19.1 Å². The molecule has 0 amide bonds. The summed E-state index contributed by atoms with van der Waals surface area (Å²) in [5.74, 6) is 0.527. The van der Waals surface area contributed by atoms with Gasteiger partial charge in [0.05, 0.1) is 53.0 Å². The third kappa shape index (κ3) is 7.24. The Balaban J connectivity index is 0.00000141. The second-order valence-electron chi connectivity index (χ2n) is 8.44. The molecule has 0 spiro atoms. The number of likely N-dealkylation sites (N-methyl/N-ethyl adjacent to an activating group) is 1. The normalized spacial score (nSPS) is 11.3. The topological polar surface area (TPSA) is 189 Å². The molecule has 0 saturated carbocycles. The predicted octanol–water partition coefficient (Wildman–Crippen LogP) is 4.94. The summed E-state index contributed by atoms with van der Waals surface area (Å²) in [7, 11) is 6.75. The first-order valence-electron chi connectivity index (χ1n) is 11.6. The van der Waals surface area contributed by atoms with Gasteiger partial charge in [-0.25, -0.2) is 14.5 Å². The lowest BCUT2D eigenvalue weighted by molar-refractivity contribution is -0.386. The quantitative estimate of drug-likeness (QED) is 0.0821. The van der Waals surface area contributed by atoms with Crippen molar-refractivity contribution in [2.45, 2.75) is 6.10 Å². The van der Waals surface area contributed by atoms with E-state index in [1.54, 1.807) is 22.7 Å². The Bertz CT molecular complexity index is 1510. The van der Waals surface area contributed by atoms with Gasteiger partial charge < -0.3 is 24.4 Å². The highest BCUT2D eigenvalue weighted by atomic mass is 35.5. The molecular weight excluding hydrogens is 544 g/mol. The molecule has 0 aliphatic rings. The Morgan fingerprint density at radius 1 is 1.27 bits per heavy atom. The maximum atomic E-state index is 11.9. The average molecular weight is 571 g/mol. The molecule has 4 aromatic rings. The summed E-state index contributed by atoms with van der Waals surface area (Å²) in [6.07, 6.45) is 4.49. The summed E-state index contributed by atoms with van der Waals surface area (Å²) < 4.78 is 18.4. The van der Waals surface area contributed by atoms with E-state index < -0.39 is 11.0 Å².